The van der Waals surface area contributed by atoms with Crippen LogP contribution in [0, 0.1) is 12.7 Å². The number of aryl methyl sites for hydroxylation is 1. The first-order valence-corrected chi connectivity index (χ1v) is 5.01. The lowest BCUT2D eigenvalue weighted by atomic mass is 10.1. The molecule has 0 bridgehead atoms. The van der Waals surface area contributed by atoms with Gasteiger partial charge in [-0.25, -0.2) is 14.4 Å². The molecule has 0 atom stereocenters. The van der Waals surface area contributed by atoms with Crippen LogP contribution in [-0.2, 0) is 0 Å². The molecular weight excluding hydrogens is 181 g/mol. The van der Waals surface area contributed by atoms with Crippen molar-refractivity contribution in [3.63, 3.8) is 0 Å². The van der Waals surface area contributed by atoms with E-state index in [0.29, 0.717) is 11.6 Å². The van der Waals surface area contributed by atoms with Gasteiger partial charge in [-0.3, -0.25) is 0 Å². The third kappa shape index (κ3) is 1.84. The summed E-state index contributed by atoms with van der Waals surface area (Å²) in [6.07, 6.45) is 4.75. The standard InChI is InChI=1S/C10H14FN3/c1-8-12-7-9(11)10(13-8)14-5-3-2-4-6-14/h7H,2-6H2,1H3. The summed E-state index contributed by atoms with van der Waals surface area (Å²) >= 11 is 0. The summed E-state index contributed by atoms with van der Waals surface area (Å²) in [7, 11) is 0. The average Bonchev–Trinajstić information content (AvgIpc) is 2.23. The summed E-state index contributed by atoms with van der Waals surface area (Å²) in [6.45, 7) is 3.60. The van der Waals surface area contributed by atoms with Crippen LogP contribution in [0.1, 0.15) is 25.1 Å². The van der Waals surface area contributed by atoms with Gasteiger partial charge in [0, 0.05) is 13.1 Å². The molecule has 0 saturated carbocycles. The molecule has 0 aliphatic carbocycles. The van der Waals surface area contributed by atoms with E-state index in [9.17, 15) is 4.39 Å². The molecule has 0 unspecified atom stereocenters. The highest BCUT2D eigenvalue weighted by Gasteiger charge is 2.16. The second kappa shape index (κ2) is 3.90. The van der Waals surface area contributed by atoms with Crippen LogP contribution in [0.2, 0.25) is 0 Å². The molecule has 3 nitrogen and oxygen atoms in total. The fraction of sp³-hybridized carbons (Fsp3) is 0.600. The van der Waals surface area contributed by atoms with Gasteiger partial charge < -0.3 is 4.90 Å². The van der Waals surface area contributed by atoms with Crippen LogP contribution >= 0.6 is 0 Å². The maximum atomic E-state index is 13.4. The molecule has 2 heterocycles. The van der Waals surface area contributed by atoms with Gasteiger partial charge in [-0.2, -0.15) is 0 Å². The Morgan fingerprint density at radius 3 is 2.71 bits per heavy atom. The largest absolute Gasteiger partial charge is 0.354 e. The van der Waals surface area contributed by atoms with E-state index < -0.39 is 0 Å². The summed E-state index contributed by atoms with van der Waals surface area (Å²) in [5.41, 5.74) is 0. The number of anilines is 1. The summed E-state index contributed by atoms with van der Waals surface area (Å²) in [5.74, 6) is 0.793. The Morgan fingerprint density at radius 2 is 2.00 bits per heavy atom. The second-order valence-corrected chi connectivity index (χ2v) is 3.64. The van der Waals surface area contributed by atoms with E-state index >= 15 is 0 Å². The number of piperidine rings is 1. The Balaban J connectivity index is 2.24. The lowest BCUT2D eigenvalue weighted by Crippen LogP contribution is -2.31. The SMILES string of the molecule is Cc1ncc(F)c(N2CCCCC2)n1. The van der Waals surface area contributed by atoms with Crippen LogP contribution in [0.3, 0.4) is 0 Å². The molecule has 0 radical (unpaired) electrons. The first-order valence-electron chi connectivity index (χ1n) is 5.01. The van der Waals surface area contributed by atoms with Gasteiger partial charge in [0.2, 0.25) is 0 Å². The zero-order chi connectivity index (χ0) is 9.97. The van der Waals surface area contributed by atoms with E-state index in [0.717, 1.165) is 25.9 Å². The summed E-state index contributed by atoms with van der Waals surface area (Å²) in [4.78, 5) is 9.97. The summed E-state index contributed by atoms with van der Waals surface area (Å²) < 4.78 is 13.4. The van der Waals surface area contributed by atoms with Gasteiger partial charge in [0.15, 0.2) is 11.6 Å². The van der Waals surface area contributed by atoms with Gasteiger partial charge in [0.25, 0.3) is 0 Å². The predicted octanol–water partition coefficient (Wildman–Crippen LogP) is 1.91. The van der Waals surface area contributed by atoms with Crippen molar-refractivity contribution in [1.29, 1.82) is 0 Å². The van der Waals surface area contributed by atoms with E-state index in [4.69, 9.17) is 0 Å². The number of hydrogen-bond acceptors (Lipinski definition) is 3. The maximum absolute atomic E-state index is 13.4. The van der Waals surface area contributed by atoms with Crippen molar-refractivity contribution in [2.75, 3.05) is 18.0 Å². The molecule has 1 aliphatic heterocycles. The molecule has 4 heteroatoms. The Labute approximate surface area is 83.0 Å². The van der Waals surface area contributed by atoms with Crippen molar-refractivity contribution in [2.24, 2.45) is 0 Å². The van der Waals surface area contributed by atoms with Crippen LogP contribution in [0.5, 0.6) is 0 Å². The van der Waals surface area contributed by atoms with Crippen LogP contribution < -0.4 is 4.90 Å². The minimum atomic E-state index is -0.308. The quantitative estimate of drug-likeness (QED) is 0.685. The van der Waals surface area contributed by atoms with Crippen molar-refractivity contribution in [1.82, 2.24) is 9.97 Å². The highest BCUT2D eigenvalue weighted by Crippen LogP contribution is 2.19. The molecule has 2 rings (SSSR count). The fourth-order valence-electron chi connectivity index (χ4n) is 1.77. The van der Waals surface area contributed by atoms with Crippen molar-refractivity contribution >= 4 is 5.82 Å². The minimum Gasteiger partial charge on any atom is -0.354 e. The summed E-state index contributed by atoms with van der Waals surface area (Å²) in [5, 5.41) is 0. The Morgan fingerprint density at radius 1 is 1.29 bits per heavy atom. The smallest absolute Gasteiger partial charge is 0.183 e. The van der Waals surface area contributed by atoms with Gasteiger partial charge in [-0.05, 0) is 26.2 Å². The van der Waals surface area contributed by atoms with Crippen molar-refractivity contribution < 1.29 is 4.39 Å². The minimum absolute atomic E-state index is 0.308. The molecule has 0 amide bonds. The first-order chi connectivity index (χ1) is 6.77. The van der Waals surface area contributed by atoms with E-state index in [-0.39, 0.29) is 5.82 Å². The number of hydrogen-bond donors (Lipinski definition) is 0. The average molecular weight is 195 g/mol. The lowest BCUT2D eigenvalue weighted by Gasteiger charge is -2.27. The topological polar surface area (TPSA) is 29.0 Å². The van der Waals surface area contributed by atoms with Gasteiger partial charge >= 0.3 is 0 Å². The van der Waals surface area contributed by atoms with E-state index in [1.165, 1.54) is 12.6 Å². The zero-order valence-electron chi connectivity index (χ0n) is 8.33. The fourth-order valence-corrected chi connectivity index (χ4v) is 1.77. The highest BCUT2D eigenvalue weighted by atomic mass is 19.1. The third-order valence-corrected chi connectivity index (χ3v) is 2.50. The predicted molar refractivity (Wildman–Crippen MR) is 52.8 cm³/mol. The Bertz CT molecular complexity index is 321. The molecule has 1 aromatic heterocycles. The molecule has 0 spiro atoms. The van der Waals surface area contributed by atoms with E-state index in [1.807, 2.05) is 4.90 Å². The highest BCUT2D eigenvalue weighted by molar-refractivity contribution is 5.39. The molecule has 1 aromatic rings. The van der Waals surface area contributed by atoms with Gasteiger partial charge in [0.05, 0.1) is 6.20 Å². The van der Waals surface area contributed by atoms with Crippen LogP contribution in [-0.4, -0.2) is 23.1 Å². The zero-order valence-corrected chi connectivity index (χ0v) is 8.33. The first kappa shape index (κ1) is 9.37. The molecule has 1 aliphatic rings. The van der Waals surface area contributed by atoms with Crippen LogP contribution in [0.25, 0.3) is 0 Å². The molecule has 0 N–H and O–H groups in total. The molecule has 0 aromatic carbocycles. The summed E-state index contributed by atoms with van der Waals surface area (Å²) in [6, 6.07) is 0. The molecule has 1 fully saturated rings. The number of halogens is 1. The number of rotatable bonds is 1. The van der Waals surface area contributed by atoms with Gasteiger partial charge in [0.1, 0.15) is 5.82 Å². The molecule has 14 heavy (non-hydrogen) atoms. The van der Waals surface area contributed by atoms with Gasteiger partial charge in [-0.1, -0.05) is 0 Å². The lowest BCUT2D eigenvalue weighted by molar-refractivity contribution is 0.545. The molecule has 76 valence electrons. The van der Waals surface area contributed by atoms with Crippen molar-refractivity contribution in [3.05, 3.63) is 17.8 Å². The molecule has 1 saturated heterocycles. The van der Waals surface area contributed by atoms with Crippen LogP contribution in [0.15, 0.2) is 6.20 Å². The van der Waals surface area contributed by atoms with Crippen LogP contribution in [0.4, 0.5) is 10.2 Å². The monoisotopic (exact) mass is 195 g/mol. The van der Waals surface area contributed by atoms with E-state index in [2.05, 4.69) is 9.97 Å². The Hall–Kier alpha value is -1.19. The normalized spacial score (nSPS) is 17.1. The Kier molecular flexibility index (Phi) is 2.61. The molecular formula is C10H14FN3. The van der Waals surface area contributed by atoms with Crippen molar-refractivity contribution in [3.8, 4) is 0 Å². The maximum Gasteiger partial charge on any atom is 0.183 e. The number of nitrogens with zero attached hydrogens (tertiary/aromatic N) is 3. The number of aromatic nitrogens is 2. The second-order valence-electron chi connectivity index (χ2n) is 3.64. The van der Waals surface area contributed by atoms with Gasteiger partial charge in [-0.15, -0.1) is 0 Å². The third-order valence-electron chi connectivity index (χ3n) is 2.50. The van der Waals surface area contributed by atoms with Crippen molar-refractivity contribution in [2.45, 2.75) is 26.2 Å². The van der Waals surface area contributed by atoms with E-state index in [1.54, 1.807) is 6.92 Å².